The molecule has 2 saturated heterocycles. The third-order valence-electron chi connectivity index (χ3n) is 5.32. The fourth-order valence-electron chi connectivity index (χ4n) is 3.64. The summed E-state index contributed by atoms with van der Waals surface area (Å²) < 4.78 is 28.2. The minimum Gasteiger partial charge on any atom is -0.339 e. The van der Waals surface area contributed by atoms with E-state index >= 15 is 0 Å². The minimum atomic E-state index is -3.96. The number of benzene rings is 1. The molecule has 2 heterocycles. The molecule has 1 aromatic carbocycles. The van der Waals surface area contributed by atoms with Gasteiger partial charge in [-0.15, -0.1) is 0 Å². The van der Waals surface area contributed by atoms with E-state index in [4.69, 9.17) is 0 Å². The van der Waals surface area contributed by atoms with Gasteiger partial charge in [-0.2, -0.15) is 4.72 Å². The number of amides is 2. The van der Waals surface area contributed by atoms with Gasteiger partial charge in [0.2, 0.25) is 21.8 Å². The number of piperazine rings is 1. The fraction of sp³-hybridized carbons (Fsp3) is 0.526. The van der Waals surface area contributed by atoms with E-state index in [0.29, 0.717) is 37.3 Å². The summed E-state index contributed by atoms with van der Waals surface area (Å²) in [6, 6.07) is 3.73. The number of anilines is 1. The van der Waals surface area contributed by atoms with Crippen molar-refractivity contribution >= 4 is 27.5 Å². The average Bonchev–Trinajstić information content (AvgIpc) is 3.07. The SMILES string of the molecule is [CH2][C@H](NS(=O)(=O)c1cccc(N2CCCC2=O)c1C)C(=O)N1CCN(C)CC1. The van der Waals surface area contributed by atoms with Gasteiger partial charge in [0.25, 0.3) is 0 Å². The van der Waals surface area contributed by atoms with Gasteiger partial charge in [-0.05, 0) is 45.0 Å². The molecule has 1 atom stereocenters. The Kier molecular flexibility index (Phi) is 6.07. The summed E-state index contributed by atoms with van der Waals surface area (Å²) in [5, 5.41) is 0. The number of carbonyl (C=O) groups is 2. The molecule has 8 nitrogen and oxygen atoms in total. The van der Waals surface area contributed by atoms with Gasteiger partial charge in [-0.25, -0.2) is 8.42 Å². The van der Waals surface area contributed by atoms with Crippen LogP contribution in [0.2, 0.25) is 0 Å². The maximum Gasteiger partial charge on any atom is 0.241 e. The lowest BCUT2D eigenvalue weighted by Gasteiger charge is -2.34. The van der Waals surface area contributed by atoms with E-state index in [1.54, 1.807) is 28.9 Å². The zero-order valence-corrected chi connectivity index (χ0v) is 17.2. The average molecular weight is 408 g/mol. The highest BCUT2D eigenvalue weighted by atomic mass is 32.2. The van der Waals surface area contributed by atoms with Gasteiger partial charge in [0.05, 0.1) is 4.90 Å². The van der Waals surface area contributed by atoms with E-state index in [-0.39, 0.29) is 16.7 Å². The summed E-state index contributed by atoms with van der Waals surface area (Å²) in [7, 11) is -1.98. The Morgan fingerprint density at radius 1 is 1.18 bits per heavy atom. The summed E-state index contributed by atoms with van der Waals surface area (Å²) in [5.74, 6) is -0.342. The van der Waals surface area contributed by atoms with E-state index < -0.39 is 16.1 Å². The predicted molar refractivity (Wildman–Crippen MR) is 106 cm³/mol. The maximum absolute atomic E-state index is 12.9. The van der Waals surface area contributed by atoms with Crippen LogP contribution in [0.5, 0.6) is 0 Å². The molecule has 0 unspecified atom stereocenters. The Labute approximate surface area is 166 Å². The highest BCUT2D eigenvalue weighted by Crippen LogP contribution is 2.29. The molecule has 3 rings (SSSR count). The van der Waals surface area contributed by atoms with Crippen molar-refractivity contribution in [2.24, 2.45) is 0 Å². The van der Waals surface area contributed by atoms with Crippen molar-refractivity contribution in [1.29, 1.82) is 0 Å². The van der Waals surface area contributed by atoms with Crippen LogP contribution in [0.15, 0.2) is 23.1 Å². The molecule has 0 spiro atoms. The number of carbonyl (C=O) groups excluding carboxylic acids is 2. The van der Waals surface area contributed by atoms with Crippen LogP contribution in [0.25, 0.3) is 0 Å². The number of hydrogen-bond acceptors (Lipinski definition) is 5. The first kappa shape index (κ1) is 20.8. The van der Waals surface area contributed by atoms with Gasteiger partial charge in [0, 0.05) is 44.8 Å². The number of nitrogens with zero attached hydrogens (tertiary/aromatic N) is 3. The molecule has 0 aliphatic carbocycles. The number of likely N-dealkylation sites (N-methyl/N-ethyl adjacent to an activating group) is 1. The monoisotopic (exact) mass is 407 g/mol. The lowest BCUT2D eigenvalue weighted by atomic mass is 10.2. The smallest absolute Gasteiger partial charge is 0.241 e. The molecule has 153 valence electrons. The van der Waals surface area contributed by atoms with Crippen LogP contribution in [0, 0.1) is 13.8 Å². The van der Waals surface area contributed by atoms with Crippen LogP contribution >= 0.6 is 0 Å². The van der Waals surface area contributed by atoms with Crippen molar-refractivity contribution in [2.45, 2.75) is 30.7 Å². The van der Waals surface area contributed by atoms with E-state index in [1.165, 1.54) is 6.07 Å². The lowest BCUT2D eigenvalue weighted by molar-refractivity contribution is -0.133. The summed E-state index contributed by atoms with van der Waals surface area (Å²) >= 11 is 0. The molecule has 2 fully saturated rings. The second-order valence-electron chi connectivity index (χ2n) is 7.35. The van der Waals surface area contributed by atoms with Crippen LogP contribution in [0.4, 0.5) is 5.69 Å². The van der Waals surface area contributed by atoms with Crippen LogP contribution in [-0.4, -0.2) is 75.8 Å². The molecule has 2 aliphatic rings. The molecule has 28 heavy (non-hydrogen) atoms. The number of rotatable bonds is 5. The summed E-state index contributed by atoms with van der Waals surface area (Å²) in [4.78, 5) is 30.1. The van der Waals surface area contributed by atoms with Crippen molar-refractivity contribution in [3.05, 3.63) is 30.7 Å². The Morgan fingerprint density at radius 3 is 2.46 bits per heavy atom. The second-order valence-corrected chi connectivity index (χ2v) is 9.03. The van der Waals surface area contributed by atoms with Crippen molar-refractivity contribution in [3.63, 3.8) is 0 Å². The third-order valence-corrected chi connectivity index (χ3v) is 6.94. The zero-order valence-electron chi connectivity index (χ0n) is 16.3. The predicted octanol–water partition coefficient (Wildman–Crippen LogP) is 0.377. The number of nitrogens with one attached hydrogen (secondary N) is 1. The van der Waals surface area contributed by atoms with Gasteiger partial charge in [-0.3, -0.25) is 9.59 Å². The number of sulfonamides is 1. The first-order valence-electron chi connectivity index (χ1n) is 9.43. The largest absolute Gasteiger partial charge is 0.339 e. The molecular formula is C19H27N4O4S. The molecule has 2 amide bonds. The third kappa shape index (κ3) is 4.21. The van der Waals surface area contributed by atoms with Gasteiger partial charge in [0.15, 0.2) is 0 Å². The van der Waals surface area contributed by atoms with Crippen molar-refractivity contribution in [2.75, 3.05) is 44.7 Å². The number of hydrogen-bond donors (Lipinski definition) is 1. The lowest BCUT2D eigenvalue weighted by Crippen LogP contribution is -2.53. The van der Waals surface area contributed by atoms with Crippen LogP contribution < -0.4 is 9.62 Å². The van der Waals surface area contributed by atoms with Crippen molar-refractivity contribution < 1.29 is 18.0 Å². The maximum atomic E-state index is 12.9. The molecule has 0 saturated carbocycles. The Balaban J connectivity index is 1.77. The summed E-state index contributed by atoms with van der Waals surface area (Å²) in [6.07, 6.45) is 1.23. The van der Waals surface area contributed by atoms with E-state index in [9.17, 15) is 18.0 Å². The Hall–Kier alpha value is -1.97. The van der Waals surface area contributed by atoms with Crippen LogP contribution in [-0.2, 0) is 19.6 Å². The molecule has 2 aliphatic heterocycles. The van der Waals surface area contributed by atoms with Gasteiger partial charge >= 0.3 is 0 Å². The van der Waals surface area contributed by atoms with Gasteiger partial charge in [0.1, 0.15) is 6.04 Å². The fourth-order valence-corrected chi connectivity index (χ4v) is 5.01. The summed E-state index contributed by atoms with van der Waals surface area (Å²) in [6.45, 7) is 8.57. The van der Waals surface area contributed by atoms with E-state index in [2.05, 4.69) is 16.5 Å². The molecule has 0 aromatic heterocycles. The summed E-state index contributed by atoms with van der Waals surface area (Å²) in [5.41, 5.74) is 1.08. The zero-order chi connectivity index (χ0) is 20.5. The van der Waals surface area contributed by atoms with Crippen LogP contribution in [0.1, 0.15) is 18.4 Å². The Morgan fingerprint density at radius 2 is 1.86 bits per heavy atom. The van der Waals surface area contributed by atoms with Crippen LogP contribution in [0.3, 0.4) is 0 Å². The van der Waals surface area contributed by atoms with Gasteiger partial charge in [-0.1, -0.05) is 6.07 Å². The topological polar surface area (TPSA) is 90.0 Å². The van der Waals surface area contributed by atoms with E-state index in [1.807, 2.05) is 7.05 Å². The standard InChI is InChI=1S/C19H27N4O4S/c1-14-16(23-9-5-8-18(23)24)6-4-7-17(14)28(26,27)20-15(2)19(25)22-12-10-21(3)11-13-22/h4,6-7,15,20H,2,5,8-13H2,1,3H3/t15-/m0/s1. The Bertz CT molecular complexity index is 863. The highest BCUT2D eigenvalue weighted by Gasteiger charge is 2.30. The van der Waals surface area contributed by atoms with Crippen molar-refractivity contribution in [1.82, 2.24) is 14.5 Å². The minimum absolute atomic E-state index is 0.00844. The van der Waals surface area contributed by atoms with Crippen molar-refractivity contribution in [3.8, 4) is 0 Å². The molecule has 9 heteroatoms. The first-order valence-corrected chi connectivity index (χ1v) is 10.9. The first-order chi connectivity index (χ1) is 13.2. The second kappa shape index (κ2) is 8.18. The normalized spacial score (nSPS) is 19.9. The van der Waals surface area contributed by atoms with E-state index in [0.717, 1.165) is 19.5 Å². The quantitative estimate of drug-likeness (QED) is 0.762. The molecule has 0 bridgehead atoms. The molecular weight excluding hydrogens is 380 g/mol. The molecule has 1 aromatic rings. The van der Waals surface area contributed by atoms with Gasteiger partial charge < -0.3 is 14.7 Å². The molecule has 1 radical (unpaired) electrons. The highest BCUT2D eigenvalue weighted by molar-refractivity contribution is 7.89. The molecule has 1 N–H and O–H groups in total.